The van der Waals surface area contributed by atoms with E-state index in [-0.39, 0.29) is 17.0 Å². The van der Waals surface area contributed by atoms with E-state index in [1.54, 1.807) is 0 Å². The minimum atomic E-state index is 0. The third-order valence-electron chi connectivity index (χ3n) is 3.36. The van der Waals surface area contributed by atoms with E-state index < -0.39 is 0 Å². The summed E-state index contributed by atoms with van der Waals surface area (Å²) in [5.41, 5.74) is 1.31. The molecular formula is C17H28BrN3O. The van der Waals surface area contributed by atoms with Crippen molar-refractivity contribution in [1.82, 2.24) is 10.6 Å². The summed E-state index contributed by atoms with van der Waals surface area (Å²) >= 11 is 0. The highest BCUT2D eigenvalue weighted by Crippen LogP contribution is 2.13. The molecule has 0 unspecified atom stereocenters. The molecule has 5 heteroatoms. The first-order valence-electron chi connectivity index (χ1n) is 7.98. The quantitative estimate of drug-likeness (QED) is 0.809. The lowest BCUT2D eigenvalue weighted by molar-refractivity contribution is 0.271. The summed E-state index contributed by atoms with van der Waals surface area (Å²) in [7, 11) is 0. The number of benzene rings is 1. The maximum absolute atomic E-state index is 5.69. The van der Waals surface area contributed by atoms with Gasteiger partial charge in [0.1, 0.15) is 5.75 Å². The predicted octanol–water partition coefficient (Wildman–Crippen LogP) is 3.17. The van der Waals surface area contributed by atoms with Crippen LogP contribution in [-0.4, -0.2) is 32.2 Å². The van der Waals surface area contributed by atoms with Crippen LogP contribution in [-0.2, 0) is 6.42 Å². The Morgan fingerprint density at radius 2 is 2.00 bits per heavy atom. The Labute approximate surface area is 144 Å². The molecule has 1 heterocycles. The van der Waals surface area contributed by atoms with Gasteiger partial charge >= 0.3 is 0 Å². The number of guanidine groups is 1. The first kappa shape index (κ1) is 18.8. The zero-order valence-electron chi connectivity index (χ0n) is 13.6. The van der Waals surface area contributed by atoms with E-state index in [9.17, 15) is 0 Å². The molecule has 0 saturated carbocycles. The Morgan fingerprint density at radius 1 is 1.23 bits per heavy atom. The predicted molar refractivity (Wildman–Crippen MR) is 98.3 cm³/mol. The molecule has 124 valence electrons. The van der Waals surface area contributed by atoms with Gasteiger partial charge in [0, 0.05) is 19.6 Å². The molecule has 0 atom stereocenters. The topological polar surface area (TPSA) is 45.6 Å². The molecule has 1 aromatic rings. The van der Waals surface area contributed by atoms with Crippen molar-refractivity contribution in [3.05, 3.63) is 29.8 Å². The van der Waals surface area contributed by atoms with Gasteiger partial charge in [-0.3, -0.25) is 4.99 Å². The van der Waals surface area contributed by atoms with Gasteiger partial charge in [-0.15, -0.1) is 17.0 Å². The summed E-state index contributed by atoms with van der Waals surface area (Å²) in [4.78, 5) is 4.48. The Bertz CT molecular complexity index is 446. The average molecular weight is 370 g/mol. The Morgan fingerprint density at radius 3 is 2.73 bits per heavy atom. The molecule has 0 spiro atoms. The molecule has 0 saturated heterocycles. The number of hydrogen-bond donors (Lipinski definition) is 2. The monoisotopic (exact) mass is 369 g/mol. The van der Waals surface area contributed by atoms with Crippen molar-refractivity contribution in [3.8, 4) is 5.75 Å². The van der Waals surface area contributed by atoms with Crippen LogP contribution in [0.3, 0.4) is 0 Å². The summed E-state index contributed by atoms with van der Waals surface area (Å²) in [6.07, 6.45) is 3.37. The van der Waals surface area contributed by atoms with Crippen molar-refractivity contribution < 1.29 is 4.74 Å². The largest absolute Gasteiger partial charge is 0.493 e. The second-order valence-electron chi connectivity index (χ2n) is 5.89. The molecule has 4 nitrogen and oxygen atoms in total. The lowest BCUT2D eigenvalue weighted by atomic mass is 10.1. The van der Waals surface area contributed by atoms with E-state index in [1.807, 2.05) is 0 Å². The van der Waals surface area contributed by atoms with Crippen LogP contribution in [0.5, 0.6) is 5.75 Å². The molecule has 0 aromatic heterocycles. The van der Waals surface area contributed by atoms with E-state index >= 15 is 0 Å². The van der Waals surface area contributed by atoms with Gasteiger partial charge in [-0.2, -0.15) is 0 Å². The molecule has 1 aromatic carbocycles. The van der Waals surface area contributed by atoms with Gasteiger partial charge in [0.25, 0.3) is 0 Å². The van der Waals surface area contributed by atoms with Crippen molar-refractivity contribution in [1.29, 1.82) is 0 Å². The highest BCUT2D eigenvalue weighted by Gasteiger charge is 2.02. The van der Waals surface area contributed by atoms with Crippen LogP contribution < -0.4 is 15.4 Å². The molecular weight excluding hydrogens is 342 g/mol. The number of rotatable bonds is 6. The molecule has 0 aliphatic carbocycles. The minimum Gasteiger partial charge on any atom is -0.493 e. The van der Waals surface area contributed by atoms with Crippen molar-refractivity contribution >= 4 is 22.9 Å². The van der Waals surface area contributed by atoms with Crippen LogP contribution in [0.1, 0.15) is 32.3 Å². The molecule has 0 radical (unpaired) electrons. The molecule has 22 heavy (non-hydrogen) atoms. The lowest BCUT2D eigenvalue weighted by Gasteiger charge is -2.11. The number of aliphatic imine (C=N–C) groups is 1. The van der Waals surface area contributed by atoms with Crippen molar-refractivity contribution in [2.24, 2.45) is 10.9 Å². The maximum Gasteiger partial charge on any atom is 0.191 e. The van der Waals surface area contributed by atoms with Gasteiger partial charge in [0.05, 0.1) is 6.61 Å². The van der Waals surface area contributed by atoms with Gasteiger partial charge < -0.3 is 15.4 Å². The summed E-state index contributed by atoms with van der Waals surface area (Å²) < 4.78 is 5.69. The van der Waals surface area contributed by atoms with Crippen LogP contribution in [0.4, 0.5) is 0 Å². The third-order valence-corrected chi connectivity index (χ3v) is 3.36. The average Bonchev–Trinajstić information content (AvgIpc) is 2.75. The SMILES string of the molecule is Br.CC(C)COc1ccc(CCNC2=NCCCCN2)cc1. The molecule has 2 rings (SSSR count). The van der Waals surface area contributed by atoms with E-state index in [4.69, 9.17) is 4.74 Å². The Balaban J connectivity index is 0.00000242. The number of halogens is 1. The molecule has 0 bridgehead atoms. The maximum atomic E-state index is 5.69. The fraction of sp³-hybridized carbons (Fsp3) is 0.588. The Hall–Kier alpha value is -1.23. The van der Waals surface area contributed by atoms with Crippen LogP contribution in [0.25, 0.3) is 0 Å². The molecule has 1 aliphatic heterocycles. The zero-order chi connectivity index (χ0) is 14.9. The van der Waals surface area contributed by atoms with Crippen molar-refractivity contribution in [2.45, 2.75) is 33.1 Å². The highest BCUT2D eigenvalue weighted by molar-refractivity contribution is 8.93. The van der Waals surface area contributed by atoms with Gasteiger partial charge in [-0.05, 0) is 42.9 Å². The van der Waals surface area contributed by atoms with Crippen molar-refractivity contribution in [2.75, 3.05) is 26.2 Å². The van der Waals surface area contributed by atoms with Crippen LogP contribution in [0, 0.1) is 5.92 Å². The second kappa shape index (κ2) is 10.5. The standard InChI is InChI=1S/C17H27N3O.BrH/c1-14(2)13-21-16-7-5-15(6-8-16)9-12-20-17-18-10-3-4-11-19-17;/h5-8,14H,3-4,9-13H2,1-2H3,(H2,18,19,20);1H. The number of ether oxygens (including phenoxy) is 1. The Kier molecular flexibility index (Phi) is 8.97. The number of hydrogen-bond acceptors (Lipinski definition) is 4. The first-order valence-corrected chi connectivity index (χ1v) is 7.98. The van der Waals surface area contributed by atoms with Crippen LogP contribution >= 0.6 is 17.0 Å². The molecule has 0 amide bonds. The smallest absolute Gasteiger partial charge is 0.191 e. The first-order chi connectivity index (χ1) is 10.2. The summed E-state index contributed by atoms with van der Waals surface area (Å²) in [5, 5.41) is 6.70. The summed E-state index contributed by atoms with van der Waals surface area (Å²) in [6.45, 7) is 7.93. The second-order valence-corrected chi connectivity index (χ2v) is 5.89. The fourth-order valence-corrected chi connectivity index (χ4v) is 2.15. The third kappa shape index (κ3) is 7.16. The van der Waals surface area contributed by atoms with Crippen LogP contribution in [0.15, 0.2) is 29.3 Å². The molecule has 2 N–H and O–H groups in total. The summed E-state index contributed by atoms with van der Waals surface area (Å²) in [6, 6.07) is 8.39. The normalized spacial score (nSPS) is 14.4. The fourth-order valence-electron chi connectivity index (χ4n) is 2.15. The van der Waals surface area contributed by atoms with Crippen molar-refractivity contribution in [3.63, 3.8) is 0 Å². The van der Waals surface area contributed by atoms with Crippen LogP contribution in [0.2, 0.25) is 0 Å². The van der Waals surface area contributed by atoms with E-state index in [0.717, 1.165) is 44.4 Å². The van der Waals surface area contributed by atoms with E-state index in [2.05, 4.69) is 53.7 Å². The van der Waals surface area contributed by atoms with Gasteiger partial charge in [0.15, 0.2) is 5.96 Å². The van der Waals surface area contributed by atoms with Gasteiger partial charge in [-0.1, -0.05) is 26.0 Å². The number of nitrogens with zero attached hydrogens (tertiary/aromatic N) is 1. The number of nitrogens with one attached hydrogen (secondary N) is 2. The summed E-state index contributed by atoms with van der Waals surface area (Å²) in [5.74, 6) is 2.46. The minimum absolute atomic E-state index is 0. The van der Waals surface area contributed by atoms with E-state index in [1.165, 1.54) is 18.4 Å². The van der Waals surface area contributed by atoms with E-state index in [0.29, 0.717) is 5.92 Å². The molecule has 0 fully saturated rings. The lowest BCUT2D eigenvalue weighted by Crippen LogP contribution is -2.38. The molecule has 1 aliphatic rings. The zero-order valence-corrected chi connectivity index (χ0v) is 15.3. The van der Waals surface area contributed by atoms with Gasteiger partial charge in [-0.25, -0.2) is 0 Å². The van der Waals surface area contributed by atoms with Gasteiger partial charge in [0.2, 0.25) is 0 Å². The highest BCUT2D eigenvalue weighted by atomic mass is 79.9.